The average Bonchev–Trinajstić information content (AvgIpc) is 3.40. The van der Waals surface area contributed by atoms with E-state index in [1.54, 1.807) is 12.4 Å². The van der Waals surface area contributed by atoms with Gasteiger partial charge in [-0.3, -0.25) is 14.9 Å². The van der Waals surface area contributed by atoms with Gasteiger partial charge in [0.05, 0.1) is 25.0 Å². The first kappa shape index (κ1) is 18.4. The Bertz CT molecular complexity index is 917. The van der Waals surface area contributed by atoms with Gasteiger partial charge >= 0.3 is 0 Å². The number of aromatic amines is 1. The lowest BCUT2D eigenvalue weighted by atomic mass is 10.1. The Balaban J connectivity index is 1.42. The standard InChI is InChI=1S/C20H24N6O2/c1-14(2)20-21-5-6-26(20)13-19(27)25-7-8-28-18(12-25)17-4-3-15(9-22-17)16-10-23-24-11-16/h3-6,9-11,14,18H,7-8,12-13H2,1-2H3,(H,23,24)/t18-/m1/s1. The number of hydrogen-bond acceptors (Lipinski definition) is 5. The van der Waals surface area contributed by atoms with E-state index in [4.69, 9.17) is 4.74 Å². The van der Waals surface area contributed by atoms with Crippen LogP contribution in [0.3, 0.4) is 0 Å². The van der Waals surface area contributed by atoms with Crippen LogP contribution in [0.2, 0.25) is 0 Å². The maximum absolute atomic E-state index is 12.8. The van der Waals surface area contributed by atoms with Crippen LogP contribution in [0.15, 0.2) is 43.1 Å². The molecule has 8 heteroatoms. The van der Waals surface area contributed by atoms with Crippen LogP contribution in [0.4, 0.5) is 0 Å². The molecule has 1 aliphatic rings. The quantitative estimate of drug-likeness (QED) is 0.734. The molecular weight excluding hydrogens is 356 g/mol. The molecule has 4 heterocycles. The van der Waals surface area contributed by atoms with Gasteiger partial charge in [0.25, 0.3) is 0 Å². The third kappa shape index (κ3) is 3.82. The Morgan fingerprint density at radius 3 is 2.89 bits per heavy atom. The van der Waals surface area contributed by atoms with E-state index in [1.807, 2.05) is 40.2 Å². The fourth-order valence-corrected chi connectivity index (χ4v) is 3.43. The number of carbonyl (C=O) groups is 1. The van der Waals surface area contributed by atoms with Crippen molar-refractivity contribution >= 4 is 5.91 Å². The highest BCUT2D eigenvalue weighted by molar-refractivity contribution is 5.76. The van der Waals surface area contributed by atoms with Gasteiger partial charge in [-0.25, -0.2) is 4.98 Å². The van der Waals surface area contributed by atoms with Crippen molar-refractivity contribution in [1.82, 2.24) is 29.6 Å². The van der Waals surface area contributed by atoms with E-state index in [-0.39, 0.29) is 17.9 Å². The summed E-state index contributed by atoms with van der Waals surface area (Å²) in [5, 5.41) is 6.76. The third-order valence-corrected chi connectivity index (χ3v) is 4.94. The number of carbonyl (C=O) groups excluding carboxylic acids is 1. The molecule has 1 amide bonds. The smallest absolute Gasteiger partial charge is 0.242 e. The van der Waals surface area contributed by atoms with Crippen molar-refractivity contribution in [2.45, 2.75) is 32.4 Å². The van der Waals surface area contributed by atoms with E-state index in [0.29, 0.717) is 26.2 Å². The van der Waals surface area contributed by atoms with E-state index in [0.717, 1.165) is 22.6 Å². The van der Waals surface area contributed by atoms with Crippen molar-refractivity contribution in [1.29, 1.82) is 0 Å². The largest absolute Gasteiger partial charge is 0.368 e. The van der Waals surface area contributed by atoms with Gasteiger partial charge in [0, 0.05) is 48.4 Å². The SMILES string of the molecule is CC(C)c1nccn1CC(=O)N1CCO[C@@H](c2ccc(-c3cn[nH]c3)cn2)C1. The van der Waals surface area contributed by atoms with Crippen LogP contribution >= 0.6 is 0 Å². The van der Waals surface area contributed by atoms with Crippen molar-refractivity contribution in [2.24, 2.45) is 0 Å². The molecule has 3 aromatic rings. The number of hydrogen-bond donors (Lipinski definition) is 1. The summed E-state index contributed by atoms with van der Waals surface area (Å²) in [6, 6.07) is 3.95. The Labute approximate surface area is 163 Å². The third-order valence-electron chi connectivity index (χ3n) is 4.94. The van der Waals surface area contributed by atoms with Gasteiger partial charge in [-0.05, 0) is 6.07 Å². The molecule has 0 saturated carbocycles. The molecule has 0 bridgehead atoms. The second-order valence-corrected chi connectivity index (χ2v) is 7.23. The maximum Gasteiger partial charge on any atom is 0.242 e. The minimum atomic E-state index is -0.219. The van der Waals surface area contributed by atoms with Gasteiger partial charge in [-0.2, -0.15) is 5.10 Å². The Morgan fingerprint density at radius 1 is 1.29 bits per heavy atom. The summed E-state index contributed by atoms with van der Waals surface area (Å²) >= 11 is 0. The maximum atomic E-state index is 12.8. The zero-order valence-electron chi connectivity index (χ0n) is 16.1. The predicted molar refractivity (Wildman–Crippen MR) is 103 cm³/mol. The molecule has 0 spiro atoms. The molecule has 1 aliphatic heterocycles. The normalized spacial score (nSPS) is 17.2. The first-order chi connectivity index (χ1) is 13.6. The fraction of sp³-hybridized carbons (Fsp3) is 0.400. The van der Waals surface area contributed by atoms with Crippen molar-refractivity contribution in [3.63, 3.8) is 0 Å². The van der Waals surface area contributed by atoms with Gasteiger partial charge in [0.15, 0.2) is 0 Å². The molecule has 146 valence electrons. The molecule has 0 radical (unpaired) electrons. The minimum absolute atomic E-state index is 0.0724. The van der Waals surface area contributed by atoms with E-state index in [1.165, 1.54) is 0 Å². The Hall–Kier alpha value is -3.00. The molecule has 0 unspecified atom stereocenters. The topological polar surface area (TPSA) is 88.9 Å². The van der Waals surface area contributed by atoms with E-state index in [2.05, 4.69) is 34.0 Å². The number of amides is 1. The predicted octanol–water partition coefficient (Wildman–Crippen LogP) is 2.39. The lowest BCUT2D eigenvalue weighted by Crippen LogP contribution is -2.44. The van der Waals surface area contributed by atoms with E-state index < -0.39 is 0 Å². The molecular formula is C20H24N6O2. The molecule has 8 nitrogen and oxygen atoms in total. The van der Waals surface area contributed by atoms with Crippen molar-refractivity contribution in [3.8, 4) is 11.1 Å². The molecule has 28 heavy (non-hydrogen) atoms. The van der Waals surface area contributed by atoms with Crippen LogP contribution in [0, 0.1) is 0 Å². The van der Waals surface area contributed by atoms with Crippen LogP contribution < -0.4 is 0 Å². The molecule has 0 aliphatic carbocycles. The summed E-state index contributed by atoms with van der Waals surface area (Å²) in [4.78, 5) is 23.6. The van der Waals surface area contributed by atoms with Crippen LogP contribution in [-0.2, 0) is 16.1 Å². The lowest BCUT2D eigenvalue weighted by Gasteiger charge is -2.33. The van der Waals surface area contributed by atoms with E-state index >= 15 is 0 Å². The summed E-state index contributed by atoms with van der Waals surface area (Å²) in [6.07, 6.45) is 8.79. The van der Waals surface area contributed by atoms with Gasteiger partial charge in [-0.15, -0.1) is 0 Å². The number of rotatable bonds is 5. The molecule has 4 rings (SSSR count). The van der Waals surface area contributed by atoms with Gasteiger partial charge in [0.1, 0.15) is 18.5 Å². The van der Waals surface area contributed by atoms with Gasteiger partial charge < -0.3 is 14.2 Å². The van der Waals surface area contributed by atoms with Gasteiger partial charge in [0.2, 0.25) is 5.91 Å². The highest BCUT2D eigenvalue weighted by atomic mass is 16.5. The average molecular weight is 380 g/mol. The monoisotopic (exact) mass is 380 g/mol. The zero-order chi connectivity index (χ0) is 19.5. The van der Waals surface area contributed by atoms with Crippen LogP contribution in [0.5, 0.6) is 0 Å². The first-order valence-electron chi connectivity index (χ1n) is 9.47. The molecule has 1 N–H and O–H groups in total. The number of imidazole rings is 1. The van der Waals surface area contributed by atoms with E-state index in [9.17, 15) is 4.79 Å². The van der Waals surface area contributed by atoms with Gasteiger partial charge in [-0.1, -0.05) is 19.9 Å². The van der Waals surface area contributed by atoms with Crippen molar-refractivity contribution in [2.75, 3.05) is 19.7 Å². The highest BCUT2D eigenvalue weighted by Gasteiger charge is 2.26. The van der Waals surface area contributed by atoms with Crippen LogP contribution in [0.1, 0.15) is 37.4 Å². The summed E-state index contributed by atoms with van der Waals surface area (Å²) in [7, 11) is 0. The number of nitrogens with zero attached hydrogens (tertiary/aromatic N) is 5. The number of morpholine rings is 1. The van der Waals surface area contributed by atoms with Crippen molar-refractivity contribution < 1.29 is 9.53 Å². The Morgan fingerprint density at radius 2 is 2.18 bits per heavy atom. The summed E-state index contributed by atoms with van der Waals surface area (Å²) in [6.45, 7) is 6.05. The second kappa shape index (κ2) is 7.93. The zero-order valence-corrected chi connectivity index (χ0v) is 16.1. The number of nitrogens with one attached hydrogen (secondary N) is 1. The van der Waals surface area contributed by atoms with Crippen LogP contribution in [-0.4, -0.2) is 55.2 Å². The highest BCUT2D eigenvalue weighted by Crippen LogP contribution is 2.24. The Kier molecular flexibility index (Phi) is 5.21. The fourth-order valence-electron chi connectivity index (χ4n) is 3.43. The molecule has 1 fully saturated rings. The van der Waals surface area contributed by atoms with Crippen molar-refractivity contribution in [3.05, 3.63) is 54.6 Å². The minimum Gasteiger partial charge on any atom is -0.368 e. The van der Waals surface area contributed by atoms with Crippen LogP contribution in [0.25, 0.3) is 11.1 Å². The lowest BCUT2D eigenvalue weighted by molar-refractivity contribution is -0.139. The molecule has 0 aromatic carbocycles. The molecule has 3 aromatic heterocycles. The number of H-pyrrole nitrogens is 1. The summed E-state index contributed by atoms with van der Waals surface area (Å²) in [5.74, 6) is 1.27. The first-order valence-corrected chi connectivity index (χ1v) is 9.47. The molecule has 1 atom stereocenters. The number of pyridine rings is 1. The number of ether oxygens (including phenoxy) is 1. The summed E-state index contributed by atoms with van der Waals surface area (Å²) < 4.78 is 7.80. The second-order valence-electron chi connectivity index (χ2n) is 7.23. The molecule has 1 saturated heterocycles. The number of aromatic nitrogens is 5. The summed E-state index contributed by atoms with van der Waals surface area (Å²) in [5.41, 5.74) is 2.81.